The number of para-hydroxylation sites is 1. The number of alkyl halides is 3. The van der Waals surface area contributed by atoms with E-state index < -0.39 is 23.3 Å². The summed E-state index contributed by atoms with van der Waals surface area (Å²) in [5.74, 6) is -2.67. The molecule has 4 rings (SSSR count). The molecule has 0 atom stereocenters. The highest BCUT2D eigenvalue weighted by Crippen LogP contribution is 2.43. The van der Waals surface area contributed by atoms with Crippen molar-refractivity contribution >= 4 is 39.2 Å². The van der Waals surface area contributed by atoms with E-state index in [0.29, 0.717) is 23.4 Å². The van der Waals surface area contributed by atoms with Crippen molar-refractivity contribution in [1.29, 1.82) is 0 Å². The van der Waals surface area contributed by atoms with E-state index in [9.17, 15) is 23.1 Å². The average molecular weight is 361 g/mol. The summed E-state index contributed by atoms with van der Waals surface area (Å²) in [5.41, 5.74) is 1.14. The molecule has 7 heteroatoms. The first-order valence-corrected chi connectivity index (χ1v) is 8.06. The van der Waals surface area contributed by atoms with Crippen molar-refractivity contribution in [2.75, 3.05) is 18.0 Å². The number of carbonyl (C=O) groups is 1. The van der Waals surface area contributed by atoms with E-state index in [-0.39, 0.29) is 12.1 Å². The molecule has 0 amide bonds. The second-order valence-electron chi connectivity index (χ2n) is 6.10. The number of aliphatic hydroxyl groups excluding tert-OH is 1. The number of Topliss-reactive ketones (excluding diaryl/α,β-unsaturated/α-hetero) is 1. The molecule has 0 unspecified atom stereocenters. The minimum atomic E-state index is -5.04. The van der Waals surface area contributed by atoms with Crippen LogP contribution in [-0.2, 0) is 4.79 Å². The quantitative estimate of drug-likeness (QED) is 0.711. The molecule has 2 heterocycles. The van der Waals surface area contributed by atoms with Crippen molar-refractivity contribution in [1.82, 2.24) is 0 Å². The Hall–Kier alpha value is -2.96. The maximum absolute atomic E-state index is 12.9. The highest BCUT2D eigenvalue weighted by Gasteiger charge is 2.44. The van der Waals surface area contributed by atoms with E-state index in [4.69, 9.17) is 4.42 Å². The summed E-state index contributed by atoms with van der Waals surface area (Å²) in [6, 6.07) is 10.6. The van der Waals surface area contributed by atoms with E-state index in [0.717, 1.165) is 10.8 Å². The van der Waals surface area contributed by atoms with Gasteiger partial charge in [-0.1, -0.05) is 18.2 Å². The summed E-state index contributed by atoms with van der Waals surface area (Å²) < 4.78 is 44.5. The van der Waals surface area contributed by atoms with Gasteiger partial charge in [-0.25, -0.2) is 0 Å². The van der Waals surface area contributed by atoms with Crippen molar-refractivity contribution in [2.45, 2.75) is 13.1 Å². The minimum absolute atomic E-state index is 0.164. The smallest absolute Gasteiger partial charge is 0.454 e. The first-order valence-electron chi connectivity index (χ1n) is 8.06. The number of fused-ring (bicyclic) bond motifs is 5. The lowest BCUT2D eigenvalue weighted by Crippen LogP contribution is -2.37. The summed E-state index contributed by atoms with van der Waals surface area (Å²) in [6.45, 7) is 1.79. The zero-order chi connectivity index (χ0) is 18.6. The summed E-state index contributed by atoms with van der Waals surface area (Å²) in [7, 11) is 0. The maximum Gasteiger partial charge on any atom is 0.454 e. The second kappa shape index (κ2) is 5.52. The molecule has 0 saturated carbocycles. The van der Waals surface area contributed by atoms with Gasteiger partial charge in [-0.15, -0.1) is 0 Å². The fourth-order valence-electron chi connectivity index (χ4n) is 3.41. The van der Waals surface area contributed by atoms with E-state index in [2.05, 4.69) is 0 Å². The predicted molar refractivity (Wildman–Crippen MR) is 92.2 cm³/mol. The number of anilines is 1. The zero-order valence-corrected chi connectivity index (χ0v) is 13.7. The molecular formula is C19H14F3NO3. The minimum Gasteiger partial charge on any atom is -0.507 e. The molecule has 0 fully saturated rings. The molecule has 134 valence electrons. The lowest BCUT2D eigenvalue weighted by atomic mass is 9.95. The Balaban J connectivity index is 2.02. The van der Waals surface area contributed by atoms with Crippen molar-refractivity contribution < 1.29 is 27.5 Å². The number of hydrogen-bond donors (Lipinski definition) is 1. The van der Waals surface area contributed by atoms with Crippen LogP contribution in [0.5, 0.6) is 0 Å². The summed E-state index contributed by atoms with van der Waals surface area (Å²) in [5, 5.41) is 12.1. The number of aliphatic hydroxyl groups is 1. The van der Waals surface area contributed by atoms with Gasteiger partial charge >= 0.3 is 6.18 Å². The van der Waals surface area contributed by atoms with Gasteiger partial charge in [-0.05, 0) is 25.1 Å². The largest absolute Gasteiger partial charge is 0.507 e. The lowest BCUT2D eigenvalue weighted by molar-refractivity contribution is -0.166. The number of benzene rings is 2. The highest BCUT2D eigenvalue weighted by molar-refractivity contribution is 6.14. The van der Waals surface area contributed by atoms with Crippen LogP contribution in [0.15, 0.2) is 46.4 Å². The van der Waals surface area contributed by atoms with Crippen LogP contribution in [0.25, 0.3) is 27.7 Å². The van der Waals surface area contributed by atoms with Crippen molar-refractivity contribution in [3.8, 4) is 0 Å². The Kier molecular flexibility index (Phi) is 3.50. The fraction of sp³-hybridized carbons (Fsp3) is 0.211. The Morgan fingerprint density at radius 3 is 2.62 bits per heavy atom. The van der Waals surface area contributed by atoms with Crippen LogP contribution in [0.2, 0.25) is 0 Å². The number of rotatable bonds is 2. The van der Waals surface area contributed by atoms with Crippen molar-refractivity contribution in [3.63, 3.8) is 0 Å². The molecule has 1 N–H and O–H groups in total. The van der Waals surface area contributed by atoms with Gasteiger partial charge in [0.1, 0.15) is 11.3 Å². The van der Waals surface area contributed by atoms with Gasteiger partial charge in [0, 0.05) is 22.9 Å². The van der Waals surface area contributed by atoms with Crippen LogP contribution < -0.4 is 4.90 Å². The Morgan fingerprint density at radius 1 is 1.19 bits per heavy atom. The van der Waals surface area contributed by atoms with Crippen LogP contribution >= 0.6 is 0 Å². The van der Waals surface area contributed by atoms with Crippen LogP contribution in [0, 0.1) is 0 Å². The summed E-state index contributed by atoms with van der Waals surface area (Å²) in [4.78, 5) is 13.3. The highest BCUT2D eigenvalue weighted by atomic mass is 19.4. The molecule has 1 aliphatic heterocycles. The van der Waals surface area contributed by atoms with Crippen LogP contribution in [0.4, 0.5) is 18.9 Å². The van der Waals surface area contributed by atoms with Crippen molar-refractivity contribution in [2.24, 2.45) is 0 Å². The molecule has 26 heavy (non-hydrogen) atoms. The monoisotopic (exact) mass is 361 g/mol. The van der Waals surface area contributed by atoms with Gasteiger partial charge in [0.25, 0.3) is 5.78 Å². The topological polar surface area (TPSA) is 53.7 Å². The molecule has 0 bridgehead atoms. The Bertz CT molecular complexity index is 1080. The number of furan rings is 1. The molecule has 0 saturated heterocycles. The van der Waals surface area contributed by atoms with Crippen molar-refractivity contribution in [3.05, 3.63) is 47.5 Å². The average Bonchev–Trinajstić information content (AvgIpc) is 2.99. The number of carbonyl (C=O) groups excluding carboxylic acids is 1. The zero-order valence-electron chi connectivity index (χ0n) is 13.7. The standard InChI is InChI=1S/C19H14F3NO3/c1-2-23-9-13(18(25)19(20,21)22)16(24)12-8-7-11-10-5-3-4-6-14(10)26-17(11)15(12)23/h3-8,24H,2,9H2,1H3. The predicted octanol–water partition coefficient (Wildman–Crippen LogP) is 4.83. The normalized spacial score (nSPS) is 15.0. The van der Waals surface area contributed by atoms with Crippen LogP contribution in [0.3, 0.4) is 0 Å². The third-order valence-electron chi connectivity index (χ3n) is 4.64. The molecule has 1 aromatic heterocycles. The number of halogens is 3. The molecular weight excluding hydrogens is 347 g/mol. The van der Waals surface area contributed by atoms with E-state index >= 15 is 0 Å². The number of likely N-dealkylation sites (N-methyl/N-ethyl adjacent to an activating group) is 1. The molecule has 0 radical (unpaired) electrons. The third kappa shape index (κ3) is 2.27. The van der Waals surface area contributed by atoms with E-state index in [1.54, 1.807) is 24.0 Å². The van der Waals surface area contributed by atoms with E-state index in [1.807, 2.05) is 18.2 Å². The number of nitrogens with zero attached hydrogens (tertiary/aromatic N) is 1. The first-order chi connectivity index (χ1) is 12.3. The van der Waals surface area contributed by atoms with Crippen LogP contribution in [0.1, 0.15) is 12.5 Å². The summed E-state index contributed by atoms with van der Waals surface area (Å²) >= 11 is 0. The fourth-order valence-corrected chi connectivity index (χ4v) is 3.41. The first kappa shape index (κ1) is 16.5. The van der Waals surface area contributed by atoms with Gasteiger partial charge < -0.3 is 14.4 Å². The molecule has 0 spiro atoms. The third-order valence-corrected chi connectivity index (χ3v) is 4.64. The van der Waals surface area contributed by atoms with Crippen LogP contribution in [-0.4, -0.2) is 30.2 Å². The van der Waals surface area contributed by atoms with Gasteiger partial charge in [0.2, 0.25) is 0 Å². The molecule has 3 aromatic rings. The van der Waals surface area contributed by atoms with Gasteiger partial charge in [0.05, 0.1) is 17.8 Å². The number of ketones is 1. The lowest BCUT2D eigenvalue weighted by Gasteiger charge is -2.31. The van der Waals surface area contributed by atoms with Gasteiger partial charge in [-0.3, -0.25) is 4.79 Å². The second-order valence-corrected chi connectivity index (χ2v) is 6.10. The molecule has 0 aliphatic carbocycles. The Morgan fingerprint density at radius 2 is 1.92 bits per heavy atom. The van der Waals surface area contributed by atoms with Gasteiger partial charge in [-0.2, -0.15) is 13.2 Å². The molecule has 1 aliphatic rings. The van der Waals surface area contributed by atoms with E-state index in [1.165, 1.54) is 6.07 Å². The maximum atomic E-state index is 12.9. The molecule has 2 aromatic carbocycles. The Labute approximate surface area is 146 Å². The summed E-state index contributed by atoms with van der Waals surface area (Å²) in [6.07, 6.45) is -5.04. The van der Waals surface area contributed by atoms with Gasteiger partial charge in [0.15, 0.2) is 5.58 Å². The molecule has 4 nitrogen and oxygen atoms in total. The SMILES string of the molecule is CCN1CC(C(=O)C(F)(F)F)=C(O)c2ccc3c(oc4ccccc43)c21. The number of hydrogen-bond acceptors (Lipinski definition) is 4.